The number of carbonyl (C=O) groups is 1. The molecule has 1 saturated carbocycles. The normalized spacial score (nSPS) is 21.3. The number of rotatable bonds is 5. The lowest BCUT2D eigenvalue weighted by Gasteiger charge is -2.32. The third kappa shape index (κ3) is 3.47. The molecule has 2 atom stereocenters. The van der Waals surface area contributed by atoms with Crippen molar-refractivity contribution in [2.24, 2.45) is 0 Å². The molecule has 2 heterocycles. The zero-order chi connectivity index (χ0) is 16.2. The van der Waals surface area contributed by atoms with Crippen LogP contribution in [0.4, 0.5) is 0 Å². The van der Waals surface area contributed by atoms with Crippen LogP contribution < -0.4 is 5.32 Å². The number of esters is 1. The Labute approximate surface area is 135 Å². The van der Waals surface area contributed by atoms with Crippen molar-refractivity contribution in [3.05, 3.63) is 41.6 Å². The van der Waals surface area contributed by atoms with Crippen molar-refractivity contribution >= 4 is 5.97 Å². The van der Waals surface area contributed by atoms with Crippen LogP contribution in [0.1, 0.15) is 53.6 Å². The molecule has 0 saturated heterocycles. The van der Waals surface area contributed by atoms with Gasteiger partial charge in [-0.1, -0.05) is 12.8 Å². The first-order valence-electron chi connectivity index (χ1n) is 8.09. The Morgan fingerprint density at radius 1 is 1.48 bits per heavy atom. The van der Waals surface area contributed by atoms with E-state index in [1.165, 1.54) is 20.0 Å². The summed E-state index contributed by atoms with van der Waals surface area (Å²) in [5.41, 5.74) is 0.497. The summed E-state index contributed by atoms with van der Waals surface area (Å²) in [6.07, 6.45) is 8.55. The zero-order valence-corrected chi connectivity index (χ0v) is 13.6. The van der Waals surface area contributed by atoms with Crippen LogP contribution in [0, 0.1) is 6.92 Å². The van der Waals surface area contributed by atoms with Crippen LogP contribution in [0.25, 0.3) is 0 Å². The average Bonchev–Trinajstić information content (AvgIpc) is 3.22. The second-order valence-electron chi connectivity index (χ2n) is 6.00. The minimum Gasteiger partial charge on any atom is -0.465 e. The zero-order valence-electron chi connectivity index (χ0n) is 13.6. The van der Waals surface area contributed by atoms with Crippen LogP contribution in [0.5, 0.6) is 0 Å². The SMILES string of the molecule is COC(=O)c1cc(CNC2CCCCC2n2cccn2)oc1C. The maximum absolute atomic E-state index is 11.6. The van der Waals surface area contributed by atoms with Crippen LogP contribution in [0.3, 0.4) is 0 Å². The molecule has 6 nitrogen and oxygen atoms in total. The van der Waals surface area contributed by atoms with Gasteiger partial charge in [0.15, 0.2) is 0 Å². The highest BCUT2D eigenvalue weighted by molar-refractivity contribution is 5.90. The first-order chi connectivity index (χ1) is 11.2. The van der Waals surface area contributed by atoms with E-state index in [9.17, 15) is 4.79 Å². The van der Waals surface area contributed by atoms with Gasteiger partial charge in [-0.05, 0) is 31.9 Å². The molecule has 0 spiro atoms. The molecule has 0 amide bonds. The third-order valence-corrected chi connectivity index (χ3v) is 4.51. The van der Waals surface area contributed by atoms with E-state index in [2.05, 4.69) is 10.4 Å². The molecule has 3 rings (SSSR count). The van der Waals surface area contributed by atoms with Gasteiger partial charge in [0.05, 0.1) is 19.7 Å². The summed E-state index contributed by atoms with van der Waals surface area (Å²) >= 11 is 0. The number of carbonyl (C=O) groups excluding carboxylic acids is 1. The summed E-state index contributed by atoms with van der Waals surface area (Å²) in [7, 11) is 1.38. The van der Waals surface area contributed by atoms with E-state index in [0.717, 1.165) is 18.6 Å². The van der Waals surface area contributed by atoms with Gasteiger partial charge >= 0.3 is 5.97 Å². The Balaban J connectivity index is 1.66. The van der Waals surface area contributed by atoms with Crippen LogP contribution in [0.15, 0.2) is 28.9 Å². The maximum Gasteiger partial charge on any atom is 0.341 e. The molecule has 2 aromatic rings. The fraction of sp³-hybridized carbons (Fsp3) is 0.529. The molecule has 1 N–H and O–H groups in total. The van der Waals surface area contributed by atoms with Gasteiger partial charge in [-0.15, -0.1) is 0 Å². The predicted octanol–water partition coefficient (Wildman–Crippen LogP) is 2.84. The highest BCUT2D eigenvalue weighted by Crippen LogP contribution is 2.28. The highest BCUT2D eigenvalue weighted by atomic mass is 16.5. The van der Waals surface area contributed by atoms with E-state index in [-0.39, 0.29) is 5.97 Å². The molecular weight excluding hydrogens is 294 g/mol. The van der Waals surface area contributed by atoms with E-state index in [0.29, 0.717) is 30.0 Å². The number of nitrogens with zero attached hydrogens (tertiary/aromatic N) is 2. The van der Waals surface area contributed by atoms with Gasteiger partial charge in [0.2, 0.25) is 0 Å². The van der Waals surface area contributed by atoms with Crippen LogP contribution in [0.2, 0.25) is 0 Å². The van der Waals surface area contributed by atoms with Crippen molar-refractivity contribution in [1.29, 1.82) is 0 Å². The summed E-state index contributed by atoms with van der Waals surface area (Å²) in [6, 6.07) is 4.45. The van der Waals surface area contributed by atoms with E-state index >= 15 is 0 Å². The van der Waals surface area contributed by atoms with Gasteiger partial charge in [0, 0.05) is 18.4 Å². The van der Waals surface area contributed by atoms with Gasteiger partial charge in [-0.25, -0.2) is 4.79 Å². The smallest absolute Gasteiger partial charge is 0.341 e. The highest BCUT2D eigenvalue weighted by Gasteiger charge is 2.27. The van der Waals surface area contributed by atoms with Gasteiger partial charge in [0.25, 0.3) is 0 Å². The van der Waals surface area contributed by atoms with Crippen molar-refractivity contribution in [3.63, 3.8) is 0 Å². The van der Waals surface area contributed by atoms with Gasteiger partial charge in [-0.2, -0.15) is 5.10 Å². The summed E-state index contributed by atoms with van der Waals surface area (Å²) in [6.45, 7) is 2.38. The van der Waals surface area contributed by atoms with Gasteiger partial charge in [-0.3, -0.25) is 4.68 Å². The minimum absolute atomic E-state index is 0.357. The minimum atomic E-state index is -0.357. The number of aromatic nitrogens is 2. The molecule has 0 aliphatic heterocycles. The molecule has 0 radical (unpaired) electrons. The monoisotopic (exact) mass is 317 g/mol. The van der Waals surface area contributed by atoms with Gasteiger partial charge < -0.3 is 14.5 Å². The van der Waals surface area contributed by atoms with E-state index in [1.807, 2.05) is 23.1 Å². The Kier molecular flexibility index (Phi) is 4.81. The summed E-state index contributed by atoms with van der Waals surface area (Å²) in [5, 5.41) is 7.96. The number of methoxy groups -OCH3 is 1. The standard InChI is InChI=1S/C17H23N3O3/c1-12-14(17(21)22-2)10-13(23-12)11-18-15-6-3-4-7-16(15)20-9-5-8-19-20/h5,8-10,15-16,18H,3-4,6-7,11H2,1-2H3. The van der Waals surface area contributed by atoms with Crippen LogP contribution in [-0.4, -0.2) is 28.9 Å². The van der Waals surface area contributed by atoms with Crippen molar-refractivity contribution in [3.8, 4) is 0 Å². The van der Waals surface area contributed by atoms with E-state index in [1.54, 1.807) is 13.0 Å². The van der Waals surface area contributed by atoms with E-state index < -0.39 is 0 Å². The lowest BCUT2D eigenvalue weighted by Crippen LogP contribution is -2.39. The van der Waals surface area contributed by atoms with Gasteiger partial charge in [0.1, 0.15) is 17.1 Å². The first-order valence-corrected chi connectivity index (χ1v) is 8.09. The summed E-state index contributed by atoms with van der Waals surface area (Å²) in [4.78, 5) is 11.6. The molecule has 6 heteroatoms. The second kappa shape index (κ2) is 7.00. The van der Waals surface area contributed by atoms with Crippen molar-refractivity contribution < 1.29 is 13.9 Å². The number of nitrogens with one attached hydrogen (secondary N) is 1. The Bertz CT molecular complexity index is 648. The van der Waals surface area contributed by atoms with E-state index in [4.69, 9.17) is 9.15 Å². The topological polar surface area (TPSA) is 69.3 Å². The fourth-order valence-electron chi connectivity index (χ4n) is 3.32. The quantitative estimate of drug-likeness (QED) is 0.859. The number of aryl methyl sites for hydroxylation is 1. The Morgan fingerprint density at radius 2 is 2.30 bits per heavy atom. The fourth-order valence-corrected chi connectivity index (χ4v) is 3.32. The van der Waals surface area contributed by atoms with Crippen LogP contribution >= 0.6 is 0 Å². The second-order valence-corrected chi connectivity index (χ2v) is 6.00. The molecule has 0 bridgehead atoms. The molecule has 124 valence electrons. The van der Waals surface area contributed by atoms with Crippen LogP contribution in [-0.2, 0) is 11.3 Å². The third-order valence-electron chi connectivity index (χ3n) is 4.51. The maximum atomic E-state index is 11.6. The number of hydrogen-bond donors (Lipinski definition) is 1. The lowest BCUT2D eigenvalue weighted by molar-refractivity contribution is 0.0599. The average molecular weight is 317 g/mol. The lowest BCUT2D eigenvalue weighted by atomic mass is 9.90. The largest absolute Gasteiger partial charge is 0.465 e. The van der Waals surface area contributed by atoms with Crippen molar-refractivity contribution in [2.75, 3.05) is 7.11 Å². The molecule has 1 aliphatic carbocycles. The van der Waals surface area contributed by atoms with Crippen molar-refractivity contribution in [1.82, 2.24) is 15.1 Å². The summed E-state index contributed by atoms with van der Waals surface area (Å²) in [5.74, 6) is 0.998. The molecule has 2 unspecified atom stereocenters. The predicted molar refractivity (Wildman–Crippen MR) is 85.1 cm³/mol. The number of ether oxygens (including phenoxy) is 1. The molecular formula is C17H23N3O3. The Morgan fingerprint density at radius 3 is 3.04 bits per heavy atom. The number of hydrogen-bond acceptors (Lipinski definition) is 5. The first kappa shape index (κ1) is 15.8. The summed E-state index contributed by atoms with van der Waals surface area (Å²) < 4.78 is 12.5. The van der Waals surface area contributed by atoms with Crippen molar-refractivity contribution in [2.45, 2.75) is 51.2 Å². The molecule has 0 aromatic carbocycles. The molecule has 1 aliphatic rings. The number of furan rings is 1. The molecule has 2 aromatic heterocycles. The Hall–Kier alpha value is -2.08. The molecule has 23 heavy (non-hydrogen) atoms. The molecule has 1 fully saturated rings.